The molecule has 0 fully saturated rings. The first kappa shape index (κ1) is 13.4. The molecule has 0 amide bonds. The lowest BCUT2D eigenvalue weighted by Gasteiger charge is -2.06. The minimum absolute atomic E-state index is 0.0873. The number of hydrogen-bond donors (Lipinski definition) is 2. The first-order valence-corrected chi connectivity index (χ1v) is 6.43. The molecule has 2 nitrogen and oxygen atoms in total. The zero-order chi connectivity index (χ0) is 11.6. The van der Waals surface area contributed by atoms with Gasteiger partial charge in [-0.25, -0.2) is 0 Å². The largest absolute Gasteiger partial charge is 0.494 e. The molecule has 0 aliphatic rings. The Labute approximate surface area is 103 Å². The number of hydrogen-bond acceptors (Lipinski definition) is 3. The van der Waals surface area contributed by atoms with Gasteiger partial charge in [0.25, 0.3) is 0 Å². The first-order valence-electron chi connectivity index (χ1n) is 5.80. The lowest BCUT2D eigenvalue weighted by molar-refractivity contribution is 0.281. The number of rotatable bonds is 8. The van der Waals surface area contributed by atoms with E-state index in [-0.39, 0.29) is 6.61 Å². The normalized spacial score (nSPS) is 10.4. The van der Waals surface area contributed by atoms with Gasteiger partial charge in [-0.05, 0) is 36.3 Å². The van der Waals surface area contributed by atoms with E-state index in [1.54, 1.807) is 0 Å². The number of aliphatic hydroxyl groups is 1. The number of unbranched alkanes of at least 4 members (excludes halogenated alkanes) is 3. The third-order valence-electron chi connectivity index (χ3n) is 2.43. The van der Waals surface area contributed by atoms with Gasteiger partial charge in [0.15, 0.2) is 0 Å². The van der Waals surface area contributed by atoms with Crippen LogP contribution in [0.2, 0.25) is 0 Å². The molecule has 16 heavy (non-hydrogen) atoms. The summed E-state index contributed by atoms with van der Waals surface area (Å²) in [5.74, 6) is 1.86. The van der Waals surface area contributed by atoms with Crippen molar-refractivity contribution in [2.45, 2.75) is 32.3 Å². The third-order valence-corrected chi connectivity index (χ3v) is 2.74. The molecule has 0 aliphatic heterocycles. The Bertz CT molecular complexity index is 272. The molecular weight excluding hydrogens is 220 g/mol. The quantitative estimate of drug-likeness (QED) is 0.540. The monoisotopic (exact) mass is 240 g/mol. The molecule has 0 unspecified atom stereocenters. The van der Waals surface area contributed by atoms with Crippen LogP contribution in [0.25, 0.3) is 0 Å². The van der Waals surface area contributed by atoms with Gasteiger partial charge in [0.2, 0.25) is 0 Å². The van der Waals surface area contributed by atoms with Crippen LogP contribution in [0.5, 0.6) is 5.75 Å². The summed E-state index contributed by atoms with van der Waals surface area (Å²) in [4.78, 5) is 0. The smallest absolute Gasteiger partial charge is 0.119 e. The van der Waals surface area contributed by atoms with E-state index in [0.29, 0.717) is 0 Å². The zero-order valence-electron chi connectivity index (χ0n) is 9.56. The maximum atomic E-state index is 8.88. The molecule has 1 aromatic carbocycles. The van der Waals surface area contributed by atoms with Gasteiger partial charge in [-0.2, -0.15) is 12.6 Å². The van der Waals surface area contributed by atoms with E-state index in [1.165, 1.54) is 19.3 Å². The zero-order valence-corrected chi connectivity index (χ0v) is 10.5. The summed E-state index contributed by atoms with van der Waals surface area (Å²) in [6.07, 6.45) is 4.72. The van der Waals surface area contributed by atoms with Crippen molar-refractivity contribution in [3.63, 3.8) is 0 Å². The molecule has 0 radical (unpaired) electrons. The highest BCUT2D eigenvalue weighted by atomic mass is 32.1. The van der Waals surface area contributed by atoms with Crippen LogP contribution in [-0.2, 0) is 6.61 Å². The topological polar surface area (TPSA) is 29.5 Å². The van der Waals surface area contributed by atoms with Crippen LogP contribution in [0.3, 0.4) is 0 Å². The molecule has 0 spiro atoms. The minimum Gasteiger partial charge on any atom is -0.494 e. The first-order chi connectivity index (χ1) is 7.86. The fourth-order valence-electron chi connectivity index (χ4n) is 1.45. The number of benzene rings is 1. The highest BCUT2D eigenvalue weighted by Crippen LogP contribution is 2.12. The van der Waals surface area contributed by atoms with Crippen LogP contribution in [0, 0.1) is 0 Å². The number of ether oxygens (including phenoxy) is 1. The Kier molecular flexibility index (Phi) is 7.10. The highest BCUT2D eigenvalue weighted by Gasteiger charge is 1.95. The summed E-state index contributed by atoms with van der Waals surface area (Å²) in [7, 11) is 0. The van der Waals surface area contributed by atoms with Crippen molar-refractivity contribution in [3.8, 4) is 5.75 Å². The molecule has 90 valence electrons. The van der Waals surface area contributed by atoms with Crippen LogP contribution in [0.15, 0.2) is 24.3 Å². The Morgan fingerprint density at radius 3 is 2.31 bits per heavy atom. The molecule has 3 heteroatoms. The predicted octanol–water partition coefficient (Wildman–Crippen LogP) is 3.05. The van der Waals surface area contributed by atoms with Crippen molar-refractivity contribution in [1.29, 1.82) is 0 Å². The molecular formula is C13H20O2S. The van der Waals surface area contributed by atoms with E-state index in [9.17, 15) is 0 Å². The second-order valence-corrected chi connectivity index (χ2v) is 4.24. The molecule has 1 aromatic rings. The van der Waals surface area contributed by atoms with Crippen LogP contribution in [0.1, 0.15) is 31.2 Å². The van der Waals surface area contributed by atoms with Crippen molar-refractivity contribution in [2.75, 3.05) is 12.4 Å². The Morgan fingerprint density at radius 2 is 1.69 bits per heavy atom. The maximum Gasteiger partial charge on any atom is 0.119 e. The fraction of sp³-hybridized carbons (Fsp3) is 0.538. The van der Waals surface area contributed by atoms with Crippen molar-refractivity contribution >= 4 is 12.6 Å². The number of thiol groups is 1. The third kappa shape index (κ3) is 5.42. The van der Waals surface area contributed by atoms with Crippen molar-refractivity contribution in [3.05, 3.63) is 29.8 Å². The molecule has 0 bridgehead atoms. The summed E-state index contributed by atoms with van der Waals surface area (Å²) >= 11 is 4.17. The van der Waals surface area contributed by atoms with Gasteiger partial charge in [-0.3, -0.25) is 0 Å². The van der Waals surface area contributed by atoms with E-state index >= 15 is 0 Å². The summed E-state index contributed by atoms with van der Waals surface area (Å²) in [6.45, 7) is 0.856. The van der Waals surface area contributed by atoms with Gasteiger partial charge < -0.3 is 9.84 Å². The summed E-state index contributed by atoms with van der Waals surface area (Å²) < 4.78 is 5.58. The maximum absolute atomic E-state index is 8.88. The van der Waals surface area contributed by atoms with E-state index in [4.69, 9.17) is 9.84 Å². The van der Waals surface area contributed by atoms with Gasteiger partial charge in [0, 0.05) is 0 Å². The van der Waals surface area contributed by atoms with E-state index < -0.39 is 0 Å². The molecule has 0 aromatic heterocycles. The lowest BCUT2D eigenvalue weighted by atomic mass is 10.2. The molecule has 1 rings (SSSR count). The summed E-state index contributed by atoms with van der Waals surface area (Å²) in [5.41, 5.74) is 0.918. The average molecular weight is 240 g/mol. The van der Waals surface area contributed by atoms with E-state index in [0.717, 1.165) is 30.1 Å². The molecule has 0 aliphatic carbocycles. The van der Waals surface area contributed by atoms with Crippen LogP contribution in [0.4, 0.5) is 0 Å². The molecule has 0 atom stereocenters. The second kappa shape index (κ2) is 8.48. The van der Waals surface area contributed by atoms with Crippen LogP contribution >= 0.6 is 12.6 Å². The Balaban J connectivity index is 2.12. The molecule has 0 heterocycles. The standard InChI is InChI=1S/C13H20O2S/c14-11-12-5-7-13(8-6-12)15-9-3-1-2-4-10-16/h5-8,14,16H,1-4,9-11H2. The van der Waals surface area contributed by atoms with Gasteiger partial charge in [0.05, 0.1) is 13.2 Å². The van der Waals surface area contributed by atoms with Crippen LogP contribution in [-0.4, -0.2) is 17.5 Å². The van der Waals surface area contributed by atoms with Crippen LogP contribution < -0.4 is 4.74 Å². The van der Waals surface area contributed by atoms with Gasteiger partial charge >= 0.3 is 0 Å². The summed E-state index contributed by atoms with van der Waals surface area (Å²) in [6, 6.07) is 7.57. The molecule has 0 saturated heterocycles. The minimum atomic E-state index is 0.0873. The van der Waals surface area contributed by atoms with Gasteiger partial charge in [0.1, 0.15) is 5.75 Å². The van der Waals surface area contributed by atoms with Gasteiger partial charge in [-0.1, -0.05) is 25.0 Å². The fourth-order valence-corrected chi connectivity index (χ4v) is 1.67. The molecule has 0 saturated carbocycles. The average Bonchev–Trinajstić information content (AvgIpc) is 2.34. The predicted molar refractivity (Wildman–Crippen MR) is 70.2 cm³/mol. The van der Waals surface area contributed by atoms with Crippen molar-refractivity contribution in [2.24, 2.45) is 0 Å². The van der Waals surface area contributed by atoms with E-state index in [2.05, 4.69) is 12.6 Å². The highest BCUT2D eigenvalue weighted by molar-refractivity contribution is 7.80. The Hall–Kier alpha value is -0.670. The summed E-state index contributed by atoms with van der Waals surface area (Å²) in [5, 5.41) is 8.88. The number of aliphatic hydroxyl groups excluding tert-OH is 1. The second-order valence-electron chi connectivity index (χ2n) is 3.79. The Morgan fingerprint density at radius 1 is 1.00 bits per heavy atom. The lowest BCUT2D eigenvalue weighted by Crippen LogP contribution is -1.97. The van der Waals surface area contributed by atoms with Crippen molar-refractivity contribution < 1.29 is 9.84 Å². The van der Waals surface area contributed by atoms with Gasteiger partial charge in [-0.15, -0.1) is 0 Å². The molecule has 1 N–H and O–H groups in total. The van der Waals surface area contributed by atoms with Crippen molar-refractivity contribution in [1.82, 2.24) is 0 Å². The SMILES string of the molecule is OCc1ccc(OCCCCCCS)cc1. The van der Waals surface area contributed by atoms with E-state index in [1.807, 2.05) is 24.3 Å².